The molecule has 0 radical (unpaired) electrons. The molecule has 0 atom stereocenters. The van der Waals surface area contributed by atoms with Crippen molar-refractivity contribution in [3.63, 3.8) is 0 Å². The molecule has 0 unspecified atom stereocenters. The minimum absolute atomic E-state index is 0.00330. The van der Waals surface area contributed by atoms with E-state index >= 15 is 0 Å². The molecule has 10 heteroatoms. The van der Waals surface area contributed by atoms with Crippen LogP contribution in [-0.2, 0) is 9.59 Å². The van der Waals surface area contributed by atoms with E-state index in [1.807, 2.05) is 0 Å². The molecule has 31 heavy (non-hydrogen) atoms. The standard InChI is InChI=1S/C21H19F3N2O5/c1-4-26-19(27)17(12-5-10-15(29-2)16(11-12)30-3)18(20(26)28)25-13-6-8-14(9-7-13)31-21(22,23)24/h5-11,25H,4H2,1-3H3. The molecular formula is C21H19F3N2O5. The van der Waals surface area contributed by atoms with Gasteiger partial charge in [0.25, 0.3) is 11.8 Å². The number of methoxy groups -OCH3 is 2. The molecule has 0 aromatic heterocycles. The lowest BCUT2D eigenvalue weighted by atomic mass is 10.0. The number of imide groups is 1. The van der Waals surface area contributed by atoms with Crippen molar-refractivity contribution in [3.05, 3.63) is 53.7 Å². The SMILES string of the molecule is CCN1C(=O)C(Nc2ccc(OC(F)(F)F)cc2)=C(c2ccc(OC)c(OC)c2)C1=O. The lowest BCUT2D eigenvalue weighted by Crippen LogP contribution is -2.32. The Balaban J connectivity index is 2.00. The van der Waals surface area contributed by atoms with Gasteiger partial charge >= 0.3 is 6.36 Å². The van der Waals surface area contributed by atoms with Crippen LogP contribution < -0.4 is 19.5 Å². The topological polar surface area (TPSA) is 77.1 Å². The van der Waals surface area contributed by atoms with Crippen molar-refractivity contribution in [2.45, 2.75) is 13.3 Å². The fourth-order valence-electron chi connectivity index (χ4n) is 3.12. The van der Waals surface area contributed by atoms with E-state index in [2.05, 4.69) is 10.1 Å². The van der Waals surface area contributed by atoms with Crippen molar-refractivity contribution in [1.29, 1.82) is 0 Å². The number of nitrogens with zero attached hydrogens (tertiary/aromatic N) is 1. The first-order valence-electron chi connectivity index (χ1n) is 9.14. The summed E-state index contributed by atoms with van der Waals surface area (Å²) in [5.74, 6) is -0.635. The van der Waals surface area contributed by atoms with Crippen LogP contribution in [0.3, 0.4) is 0 Å². The van der Waals surface area contributed by atoms with Gasteiger partial charge in [0.05, 0.1) is 19.8 Å². The Hall–Kier alpha value is -3.69. The number of nitrogens with one attached hydrogen (secondary N) is 1. The maximum atomic E-state index is 12.9. The molecule has 2 aromatic rings. The molecule has 1 aliphatic heterocycles. The fraction of sp³-hybridized carbons (Fsp3) is 0.238. The number of anilines is 1. The number of carbonyl (C=O) groups excluding carboxylic acids is 2. The second-order valence-corrected chi connectivity index (χ2v) is 6.37. The van der Waals surface area contributed by atoms with Crippen molar-refractivity contribution in [1.82, 2.24) is 4.90 Å². The maximum absolute atomic E-state index is 12.9. The van der Waals surface area contributed by atoms with Crippen LogP contribution in [0, 0.1) is 0 Å². The van der Waals surface area contributed by atoms with Gasteiger partial charge in [0.1, 0.15) is 11.4 Å². The lowest BCUT2D eigenvalue weighted by molar-refractivity contribution is -0.274. The lowest BCUT2D eigenvalue weighted by Gasteiger charge is -2.12. The Kier molecular flexibility index (Phi) is 6.09. The quantitative estimate of drug-likeness (QED) is 0.666. The molecule has 0 saturated carbocycles. The van der Waals surface area contributed by atoms with E-state index in [-0.39, 0.29) is 17.8 Å². The molecule has 0 spiro atoms. The number of amides is 2. The molecule has 3 rings (SSSR count). The van der Waals surface area contributed by atoms with E-state index in [4.69, 9.17) is 9.47 Å². The average molecular weight is 436 g/mol. The minimum atomic E-state index is -4.81. The number of likely N-dealkylation sites (N-methyl/N-ethyl adjacent to an activating group) is 1. The highest BCUT2D eigenvalue weighted by Gasteiger charge is 2.38. The Bertz CT molecular complexity index is 1030. The van der Waals surface area contributed by atoms with E-state index in [1.54, 1.807) is 25.1 Å². The fourth-order valence-corrected chi connectivity index (χ4v) is 3.12. The van der Waals surface area contributed by atoms with Crippen LogP contribution in [0.15, 0.2) is 48.2 Å². The third kappa shape index (κ3) is 4.57. The van der Waals surface area contributed by atoms with Crippen LogP contribution in [0.4, 0.5) is 18.9 Å². The number of hydrogen-bond donors (Lipinski definition) is 1. The molecule has 1 heterocycles. The molecule has 1 N–H and O–H groups in total. The zero-order valence-corrected chi connectivity index (χ0v) is 16.9. The third-order valence-electron chi connectivity index (χ3n) is 4.51. The van der Waals surface area contributed by atoms with Gasteiger partial charge in [0.2, 0.25) is 0 Å². The van der Waals surface area contributed by atoms with E-state index in [1.165, 1.54) is 26.4 Å². The smallest absolute Gasteiger partial charge is 0.493 e. The molecule has 0 fully saturated rings. The van der Waals surface area contributed by atoms with Gasteiger partial charge in [-0.3, -0.25) is 14.5 Å². The highest BCUT2D eigenvalue weighted by atomic mass is 19.4. The second kappa shape index (κ2) is 8.58. The van der Waals surface area contributed by atoms with Crippen LogP contribution in [-0.4, -0.2) is 43.8 Å². The molecule has 1 aliphatic rings. The van der Waals surface area contributed by atoms with Crippen LogP contribution in [0.5, 0.6) is 17.2 Å². The van der Waals surface area contributed by atoms with Crippen molar-refractivity contribution in [2.24, 2.45) is 0 Å². The minimum Gasteiger partial charge on any atom is -0.493 e. The maximum Gasteiger partial charge on any atom is 0.573 e. The highest BCUT2D eigenvalue weighted by molar-refractivity contribution is 6.36. The van der Waals surface area contributed by atoms with Crippen LogP contribution in [0.1, 0.15) is 12.5 Å². The predicted octanol–water partition coefficient (Wildman–Crippen LogP) is 3.81. The molecular weight excluding hydrogens is 417 g/mol. The molecule has 0 aliphatic carbocycles. The Morgan fingerprint density at radius 2 is 1.58 bits per heavy atom. The van der Waals surface area contributed by atoms with Gasteiger partial charge in [-0.05, 0) is 48.9 Å². The van der Waals surface area contributed by atoms with Gasteiger partial charge in [-0.1, -0.05) is 6.07 Å². The number of benzene rings is 2. The number of rotatable bonds is 7. The van der Waals surface area contributed by atoms with E-state index < -0.39 is 23.9 Å². The van der Waals surface area contributed by atoms with Crippen LogP contribution >= 0.6 is 0 Å². The summed E-state index contributed by atoms with van der Waals surface area (Å²) in [6.07, 6.45) is -4.81. The number of ether oxygens (including phenoxy) is 3. The van der Waals surface area contributed by atoms with Gasteiger partial charge in [-0.15, -0.1) is 13.2 Å². The molecule has 7 nitrogen and oxygen atoms in total. The molecule has 0 saturated heterocycles. The van der Waals surface area contributed by atoms with Crippen molar-refractivity contribution in [3.8, 4) is 17.2 Å². The van der Waals surface area contributed by atoms with Gasteiger partial charge in [-0.25, -0.2) is 0 Å². The van der Waals surface area contributed by atoms with Gasteiger partial charge in [-0.2, -0.15) is 0 Å². The summed E-state index contributed by atoms with van der Waals surface area (Å²) >= 11 is 0. The average Bonchev–Trinajstić information content (AvgIpc) is 2.96. The summed E-state index contributed by atoms with van der Waals surface area (Å²) in [5.41, 5.74) is 0.847. The Morgan fingerprint density at radius 3 is 2.13 bits per heavy atom. The summed E-state index contributed by atoms with van der Waals surface area (Å²) in [6, 6.07) is 9.62. The highest BCUT2D eigenvalue weighted by Crippen LogP contribution is 2.36. The number of hydrogen-bond acceptors (Lipinski definition) is 6. The first-order valence-corrected chi connectivity index (χ1v) is 9.14. The number of alkyl halides is 3. The van der Waals surface area contributed by atoms with E-state index in [0.717, 1.165) is 17.0 Å². The van der Waals surface area contributed by atoms with Crippen molar-refractivity contribution < 1.29 is 37.0 Å². The second-order valence-electron chi connectivity index (χ2n) is 6.37. The number of carbonyl (C=O) groups is 2. The monoisotopic (exact) mass is 436 g/mol. The predicted molar refractivity (Wildman–Crippen MR) is 106 cm³/mol. The van der Waals surface area contributed by atoms with Crippen LogP contribution in [0.25, 0.3) is 5.57 Å². The van der Waals surface area contributed by atoms with Gasteiger partial charge < -0.3 is 19.5 Å². The summed E-state index contributed by atoms with van der Waals surface area (Å²) in [7, 11) is 2.92. The zero-order chi connectivity index (χ0) is 22.8. The summed E-state index contributed by atoms with van der Waals surface area (Å²) in [6.45, 7) is 1.81. The van der Waals surface area contributed by atoms with Gasteiger partial charge in [0, 0.05) is 12.2 Å². The largest absolute Gasteiger partial charge is 0.573 e. The van der Waals surface area contributed by atoms with Gasteiger partial charge in [0.15, 0.2) is 11.5 Å². The zero-order valence-electron chi connectivity index (χ0n) is 16.9. The van der Waals surface area contributed by atoms with E-state index in [0.29, 0.717) is 22.7 Å². The number of halogens is 3. The van der Waals surface area contributed by atoms with Crippen molar-refractivity contribution >= 4 is 23.1 Å². The normalized spacial score (nSPS) is 14.2. The molecule has 2 aromatic carbocycles. The molecule has 0 bridgehead atoms. The summed E-state index contributed by atoms with van der Waals surface area (Å²) < 4.78 is 51.4. The van der Waals surface area contributed by atoms with Crippen LogP contribution in [0.2, 0.25) is 0 Å². The molecule has 2 amide bonds. The summed E-state index contributed by atoms with van der Waals surface area (Å²) in [4.78, 5) is 26.8. The van der Waals surface area contributed by atoms with Crippen molar-refractivity contribution in [2.75, 3.05) is 26.1 Å². The third-order valence-corrected chi connectivity index (χ3v) is 4.51. The Labute approximate surface area is 176 Å². The van der Waals surface area contributed by atoms with E-state index in [9.17, 15) is 22.8 Å². The summed E-state index contributed by atoms with van der Waals surface area (Å²) in [5, 5.41) is 2.85. The Morgan fingerprint density at radius 1 is 0.935 bits per heavy atom. The first-order chi connectivity index (χ1) is 14.7. The molecule has 164 valence electrons. The first kappa shape index (κ1) is 22.0.